The van der Waals surface area contributed by atoms with Crippen LogP contribution in [0.25, 0.3) is 0 Å². The summed E-state index contributed by atoms with van der Waals surface area (Å²) in [6, 6.07) is 4.09. The van der Waals surface area contributed by atoms with Crippen molar-refractivity contribution in [3.8, 4) is 0 Å². The second-order valence-corrected chi connectivity index (χ2v) is 11.7. The lowest BCUT2D eigenvalue weighted by molar-refractivity contribution is -0.150. The maximum atomic E-state index is 14.5. The lowest BCUT2D eigenvalue weighted by Crippen LogP contribution is -2.64. The van der Waals surface area contributed by atoms with Crippen molar-refractivity contribution in [1.82, 2.24) is 14.7 Å². The van der Waals surface area contributed by atoms with Gasteiger partial charge >= 0.3 is 12.4 Å². The summed E-state index contributed by atoms with van der Waals surface area (Å²) in [6.07, 6.45) is -11.1. The van der Waals surface area contributed by atoms with Crippen molar-refractivity contribution in [3.63, 3.8) is 0 Å². The standard InChI is InChI=1S/C22H29F7N4O4S/c23-18-14-17(4-3-16(18)2-1-5-21(24,25)26)32-10-12-33(13-11-32)38(36,37)20(19(34)30-35)6-8-31(9-7-20)15-22(27,28)29/h3-4,14,35H,1-2,5-13,15H2,(H,30,34). The van der Waals surface area contributed by atoms with E-state index in [1.165, 1.54) is 23.7 Å². The maximum Gasteiger partial charge on any atom is 0.401 e. The van der Waals surface area contributed by atoms with E-state index in [1.807, 2.05) is 0 Å². The Bertz CT molecular complexity index is 1080. The molecular formula is C22H29F7N4O4S. The van der Waals surface area contributed by atoms with E-state index in [-0.39, 0.29) is 57.7 Å². The number of nitrogens with zero attached hydrogens (tertiary/aromatic N) is 3. The number of hydroxylamine groups is 1. The van der Waals surface area contributed by atoms with E-state index in [0.717, 1.165) is 9.21 Å². The number of hydrogen-bond donors (Lipinski definition) is 2. The van der Waals surface area contributed by atoms with Gasteiger partial charge in [-0.3, -0.25) is 14.9 Å². The topological polar surface area (TPSA) is 93.2 Å². The Morgan fingerprint density at radius 1 is 0.974 bits per heavy atom. The first kappa shape index (κ1) is 30.4. The van der Waals surface area contributed by atoms with Crippen molar-refractivity contribution in [3.05, 3.63) is 29.6 Å². The molecule has 38 heavy (non-hydrogen) atoms. The number of carbonyl (C=O) groups is 1. The van der Waals surface area contributed by atoms with Gasteiger partial charge in [0.05, 0.1) is 6.54 Å². The van der Waals surface area contributed by atoms with Crippen LogP contribution in [0.2, 0.25) is 0 Å². The van der Waals surface area contributed by atoms with Gasteiger partial charge < -0.3 is 4.90 Å². The fraction of sp³-hybridized carbons (Fsp3) is 0.682. The van der Waals surface area contributed by atoms with E-state index in [4.69, 9.17) is 0 Å². The van der Waals surface area contributed by atoms with Crippen LogP contribution in [-0.4, -0.2) is 91.7 Å². The van der Waals surface area contributed by atoms with Gasteiger partial charge in [-0.05, 0) is 43.4 Å². The minimum atomic E-state index is -4.49. The molecule has 2 aliphatic rings. The second kappa shape index (κ2) is 11.5. The zero-order valence-corrected chi connectivity index (χ0v) is 21.1. The number of nitrogens with one attached hydrogen (secondary N) is 1. The minimum Gasteiger partial charge on any atom is -0.369 e. The summed E-state index contributed by atoms with van der Waals surface area (Å²) in [6.45, 7) is -1.90. The van der Waals surface area contributed by atoms with Crippen LogP contribution in [0.4, 0.5) is 36.4 Å². The molecule has 0 aromatic heterocycles. The molecule has 0 unspecified atom stereocenters. The van der Waals surface area contributed by atoms with Crippen LogP contribution >= 0.6 is 0 Å². The number of alkyl halides is 6. The summed E-state index contributed by atoms with van der Waals surface area (Å²) in [4.78, 5) is 15.2. The summed E-state index contributed by atoms with van der Waals surface area (Å²) >= 11 is 0. The molecule has 1 aromatic rings. The summed E-state index contributed by atoms with van der Waals surface area (Å²) in [5.41, 5.74) is 1.89. The molecule has 0 radical (unpaired) electrons. The predicted octanol–water partition coefficient (Wildman–Crippen LogP) is 3.06. The van der Waals surface area contributed by atoms with Crippen molar-refractivity contribution in [2.45, 2.75) is 49.2 Å². The lowest BCUT2D eigenvalue weighted by Gasteiger charge is -2.44. The Kier molecular flexibility index (Phi) is 9.21. The monoisotopic (exact) mass is 578 g/mol. The number of amides is 1. The predicted molar refractivity (Wildman–Crippen MR) is 122 cm³/mol. The largest absolute Gasteiger partial charge is 0.401 e. The van der Waals surface area contributed by atoms with E-state index in [2.05, 4.69) is 0 Å². The van der Waals surface area contributed by atoms with Crippen LogP contribution in [0.5, 0.6) is 0 Å². The molecule has 0 aliphatic carbocycles. The minimum absolute atomic E-state index is 0.0902. The van der Waals surface area contributed by atoms with Crippen molar-refractivity contribution < 1.29 is 49.2 Å². The quantitative estimate of drug-likeness (QED) is 0.280. The van der Waals surface area contributed by atoms with E-state index in [9.17, 15) is 49.2 Å². The zero-order chi connectivity index (χ0) is 28.4. The summed E-state index contributed by atoms with van der Waals surface area (Å²) in [5.74, 6) is -1.89. The van der Waals surface area contributed by atoms with Crippen LogP contribution in [0.1, 0.15) is 31.2 Å². The number of sulfonamides is 1. The van der Waals surface area contributed by atoms with Gasteiger partial charge in [0.25, 0.3) is 5.91 Å². The highest BCUT2D eigenvalue weighted by Gasteiger charge is 2.55. The van der Waals surface area contributed by atoms with Crippen LogP contribution in [0.3, 0.4) is 0 Å². The molecule has 0 atom stereocenters. The molecule has 2 N–H and O–H groups in total. The first-order chi connectivity index (χ1) is 17.6. The molecule has 2 heterocycles. The number of piperazine rings is 1. The molecular weight excluding hydrogens is 549 g/mol. The van der Waals surface area contributed by atoms with Crippen LogP contribution in [0, 0.1) is 5.82 Å². The number of likely N-dealkylation sites (tertiary alicyclic amines) is 1. The molecule has 2 saturated heterocycles. The van der Waals surface area contributed by atoms with E-state index >= 15 is 0 Å². The fourth-order valence-corrected chi connectivity index (χ4v) is 7.00. The zero-order valence-electron chi connectivity index (χ0n) is 20.3. The van der Waals surface area contributed by atoms with Crippen molar-refractivity contribution in [2.75, 3.05) is 50.7 Å². The number of anilines is 1. The molecule has 1 aromatic carbocycles. The third kappa shape index (κ3) is 7.07. The van der Waals surface area contributed by atoms with Gasteiger partial charge in [0.1, 0.15) is 5.82 Å². The lowest BCUT2D eigenvalue weighted by atomic mass is 9.95. The molecule has 0 saturated carbocycles. The van der Waals surface area contributed by atoms with Crippen LogP contribution < -0.4 is 10.4 Å². The first-order valence-corrected chi connectivity index (χ1v) is 13.4. The Balaban J connectivity index is 1.66. The molecule has 1 amide bonds. The van der Waals surface area contributed by atoms with E-state index in [1.54, 1.807) is 4.90 Å². The molecule has 16 heteroatoms. The molecule has 216 valence electrons. The Hall–Kier alpha value is -2.17. The fourth-order valence-electron chi connectivity index (χ4n) is 4.88. The van der Waals surface area contributed by atoms with E-state index < -0.39 is 64.7 Å². The summed E-state index contributed by atoms with van der Waals surface area (Å²) < 4.78 is 116. The molecule has 2 fully saturated rings. The number of piperidine rings is 1. The number of carbonyl (C=O) groups excluding carboxylic acids is 1. The second-order valence-electron chi connectivity index (χ2n) is 9.46. The van der Waals surface area contributed by atoms with Crippen molar-refractivity contribution in [2.24, 2.45) is 0 Å². The number of halogens is 7. The molecule has 0 spiro atoms. The average molecular weight is 579 g/mol. The molecule has 8 nitrogen and oxygen atoms in total. The van der Waals surface area contributed by atoms with Gasteiger partial charge in [-0.1, -0.05) is 6.07 Å². The average Bonchev–Trinajstić information content (AvgIpc) is 2.83. The Labute approximate surface area is 215 Å². The smallest absolute Gasteiger partial charge is 0.369 e. The third-order valence-electron chi connectivity index (χ3n) is 6.96. The maximum absolute atomic E-state index is 14.5. The Morgan fingerprint density at radius 2 is 1.58 bits per heavy atom. The highest BCUT2D eigenvalue weighted by atomic mass is 32.2. The van der Waals surface area contributed by atoms with Gasteiger partial charge in [-0.15, -0.1) is 0 Å². The number of benzene rings is 1. The van der Waals surface area contributed by atoms with Crippen molar-refractivity contribution >= 4 is 21.6 Å². The first-order valence-electron chi connectivity index (χ1n) is 11.9. The highest BCUT2D eigenvalue weighted by molar-refractivity contribution is 7.91. The number of rotatable bonds is 8. The highest BCUT2D eigenvalue weighted by Crippen LogP contribution is 2.35. The number of hydrogen-bond acceptors (Lipinski definition) is 6. The summed E-state index contributed by atoms with van der Waals surface area (Å²) in [7, 11) is -4.41. The third-order valence-corrected chi connectivity index (χ3v) is 9.59. The normalized spacial score (nSPS) is 19.9. The van der Waals surface area contributed by atoms with Gasteiger partial charge in [-0.2, -0.15) is 30.6 Å². The van der Waals surface area contributed by atoms with Crippen molar-refractivity contribution in [1.29, 1.82) is 0 Å². The van der Waals surface area contributed by atoms with Gasteiger partial charge in [0, 0.05) is 51.4 Å². The number of aryl methyl sites for hydroxylation is 1. The Morgan fingerprint density at radius 3 is 2.08 bits per heavy atom. The van der Waals surface area contributed by atoms with Gasteiger partial charge in [-0.25, -0.2) is 18.3 Å². The van der Waals surface area contributed by atoms with Crippen LogP contribution in [0.15, 0.2) is 18.2 Å². The van der Waals surface area contributed by atoms with E-state index in [0.29, 0.717) is 5.69 Å². The molecule has 0 bridgehead atoms. The molecule has 3 rings (SSSR count). The van der Waals surface area contributed by atoms with Crippen LogP contribution in [-0.2, 0) is 21.2 Å². The SMILES string of the molecule is O=C(NO)C1(S(=O)(=O)N2CCN(c3ccc(CCCC(F)(F)F)c(F)c3)CC2)CCN(CC(F)(F)F)CC1. The summed E-state index contributed by atoms with van der Waals surface area (Å²) in [5, 5.41) is 9.22. The van der Waals surface area contributed by atoms with Gasteiger partial charge in [0.2, 0.25) is 10.0 Å². The van der Waals surface area contributed by atoms with Gasteiger partial charge in [0.15, 0.2) is 4.75 Å². The molecule has 2 aliphatic heterocycles.